The van der Waals surface area contributed by atoms with E-state index < -0.39 is 12.0 Å². The molecule has 0 radical (unpaired) electrons. The van der Waals surface area contributed by atoms with Gasteiger partial charge in [-0.2, -0.15) is 0 Å². The molecule has 3 rings (SSSR count). The van der Waals surface area contributed by atoms with E-state index in [4.69, 9.17) is 4.74 Å². The summed E-state index contributed by atoms with van der Waals surface area (Å²) in [6.45, 7) is 3.46. The van der Waals surface area contributed by atoms with Crippen LogP contribution in [0.5, 0.6) is 0 Å². The SMILES string of the molecule is COC(=O)[C@H](C)N=C(c1ccccc1)c1c(C)[nH]n(-c2ccccc2)c1=O. The van der Waals surface area contributed by atoms with Crippen molar-refractivity contribution >= 4 is 11.7 Å². The van der Waals surface area contributed by atoms with Crippen LogP contribution in [0.2, 0.25) is 0 Å². The molecule has 0 unspecified atom stereocenters. The summed E-state index contributed by atoms with van der Waals surface area (Å²) in [6.07, 6.45) is 0. The van der Waals surface area contributed by atoms with E-state index in [1.54, 1.807) is 6.92 Å². The zero-order valence-corrected chi connectivity index (χ0v) is 15.5. The standard InChI is InChI=1S/C21H21N3O3/c1-14-18(20(25)24(23-14)17-12-8-5-9-13-17)19(16-10-6-4-7-11-16)22-15(2)21(26)27-3/h4-13,15,23H,1-3H3/t15-/m0/s1. The van der Waals surface area contributed by atoms with Crippen LogP contribution in [-0.4, -0.2) is 34.6 Å². The molecule has 138 valence electrons. The van der Waals surface area contributed by atoms with E-state index in [9.17, 15) is 9.59 Å². The monoisotopic (exact) mass is 363 g/mol. The lowest BCUT2D eigenvalue weighted by molar-refractivity contribution is -0.141. The number of ether oxygens (including phenoxy) is 1. The molecular formula is C21H21N3O3. The summed E-state index contributed by atoms with van der Waals surface area (Å²) < 4.78 is 6.26. The van der Waals surface area contributed by atoms with Gasteiger partial charge < -0.3 is 4.74 Å². The second kappa shape index (κ2) is 7.86. The molecule has 1 N–H and O–H groups in total. The van der Waals surface area contributed by atoms with Gasteiger partial charge in [-0.25, -0.2) is 9.48 Å². The van der Waals surface area contributed by atoms with Gasteiger partial charge in [-0.1, -0.05) is 48.5 Å². The normalized spacial score (nSPS) is 12.6. The second-order valence-electron chi connectivity index (χ2n) is 6.13. The second-order valence-corrected chi connectivity index (χ2v) is 6.13. The fraction of sp³-hybridized carbons (Fsp3) is 0.190. The van der Waals surface area contributed by atoms with E-state index in [1.165, 1.54) is 11.8 Å². The Balaban J connectivity index is 2.20. The maximum Gasteiger partial charge on any atom is 0.330 e. The molecule has 27 heavy (non-hydrogen) atoms. The number of rotatable bonds is 5. The van der Waals surface area contributed by atoms with Gasteiger partial charge in [0.1, 0.15) is 6.04 Å². The van der Waals surface area contributed by atoms with Crippen molar-refractivity contribution in [2.45, 2.75) is 19.9 Å². The third-order valence-electron chi connectivity index (χ3n) is 4.23. The first-order valence-electron chi connectivity index (χ1n) is 8.61. The summed E-state index contributed by atoms with van der Waals surface area (Å²) in [5, 5.41) is 3.10. The van der Waals surface area contributed by atoms with E-state index in [-0.39, 0.29) is 5.56 Å². The number of aryl methyl sites for hydroxylation is 1. The third-order valence-corrected chi connectivity index (χ3v) is 4.23. The quantitative estimate of drug-likeness (QED) is 0.559. The maximum absolute atomic E-state index is 13.2. The van der Waals surface area contributed by atoms with Crippen LogP contribution in [0.25, 0.3) is 5.69 Å². The smallest absolute Gasteiger partial charge is 0.330 e. The number of aliphatic imine (C=N–C) groups is 1. The highest BCUT2D eigenvalue weighted by atomic mass is 16.5. The van der Waals surface area contributed by atoms with E-state index in [1.807, 2.05) is 67.6 Å². The number of hydrogen-bond donors (Lipinski definition) is 1. The van der Waals surface area contributed by atoms with Crippen LogP contribution in [0, 0.1) is 6.92 Å². The van der Waals surface area contributed by atoms with E-state index in [2.05, 4.69) is 10.1 Å². The van der Waals surface area contributed by atoms with Crippen molar-refractivity contribution < 1.29 is 9.53 Å². The fourth-order valence-electron chi connectivity index (χ4n) is 2.88. The number of carbonyl (C=O) groups is 1. The summed E-state index contributed by atoms with van der Waals surface area (Å²) in [5.41, 5.74) is 2.82. The summed E-state index contributed by atoms with van der Waals surface area (Å²) in [6, 6.07) is 17.9. The summed E-state index contributed by atoms with van der Waals surface area (Å²) in [7, 11) is 1.32. The van der Waals surface area contributed by atoms with Crippen LogP contribution in [0.1, 0.15) is 23.7 Å². The van der Waals surface area contributed by atoms with Gasteiger partial charge >= 0.3 is 5.97 Å². The van der Waals surface area contributed by atoms with Crippen LogP contribution in [0.15, 0.2) is 70.5 Å². The van der Waals surface area contributed by atoms with Crippen LogP contribution in [0.4, 0.5) is 0 Å². The van der Waals surface area contributed by atoms with E-state index >= 15 is 0 Å². The first-order valence-corrected chi connectivity index (χ1v) is 8.61. The number of esters is 1. The Labute approximate surface area is 157 Å². The minimum atomic E-state index is -0.732. The number of nitrogens with one attached hydrogen (secondary N) is 1. The van der Waals surface area contributed by atoms with Crippen molar-refractivity contribution in [1.82, 2.24) is 9.78 Å². The Morgan fingerprint density at radius 3 is 2.26 bits per heavy atom. The highest BCUT2D eigenvalue weighted by Crippen LogP contribution is 2.14. The van der Waals surface area contributed by atoms with Gasteiger partial charge in [0.25, 0.3) is 5.56 Å². The van der Waals surface area contributed by atoms with Gasteiger partial charge in [-0.3, -0.25) is 14.9 Å². The first kappa shape index (κ1) is 18.4. The molecule has 1 atom stereocenters. The Morgan fingerprint density at radius 1 is 1.07 bits per heavy atom. The van der Waals surface area contributed by atoms with Crippen molar-refractivity contribution in [2.24, 2.45) is 4.99 Å². The minimum absolute atomic E-state index is 0.224. The molecule has 0 aliphatic heterocycles. The van der Waals surface area contributed by atoms with Gasteiger partial charge in [0.15, 0.2) is 0 Å². The molecule has 0 aliphatic rings. The lowest BCUT2D eigenvalue weighted by Crippen LogP contribution is -2.24. The lowest BCUT2D eigenvalue weighted by atomic mass is 10.0. The fourth-order valence-corrected chi connectivity index (χ4v) is 2.88. The van der Waals surface area contributed by atoms with Crippen molar-refractivity contribution in [3.05, 3.63) is 87.8 Å². The average Bonchev–Trinajstić information content (AvgIpc) is 3.00. The molecule has 0 saturated heterocycles. The molecule has 0 saturated carbocycles. The molecule has 0 aliphatic carbocycles. The predicted molar refractivity (Wildman–Crippen MR) is 105 cm³/mol. The minimum Gasteiger partial charge on any atom is -0.467 e. The molecule has 1 aromatic heterocycles. The number of aromatic amines is 1. The Hall–Kier alpha value is -3.41. The van der Waals surface area contributed by atoms with Crippen molar-refractivity contribution in [3.63, 3.8) is 0 Å². The number of carbonyl (C=O) groups excluding carboxylic acids is 1. The average molecular weight is 363 g/mol. The van der Waals surface area contributed by atoms with E-state index in [0.717, 1.165) is 11.3 Å². The summed E-state index contributed by atoms with van der Waals surface area (Å²) in [5.74, 6) is -0.458. The molecule has 1 heterocycles. The van der Waals surface area contributed by atoms with Gasteiger partial charge in [-0.05, 0) is 26.0 Å². The molecule has 0 amide bonds. The molecule has 0 bridgehead atoms. The number of methoxy groups -OCH3 is 1. The number of hydrogen-bond acceptors (Lipinski definition) is 4. The topological polar surface area (TPSA) is 76.4 Å². The molecule has 0 spiro atoms. The zero-order chi connectivity index (χ0) is 19.4. The van der Waals surface area contributed by atoms with Gasteiger partial charge in [0, 0.05) is 11.3 Å². The molecule has 2 aromatic carbocycles. The first-order chi connectivity index (χ1) is 13.0. The number of H-pyrrole nitrogens is 1. The summed E-state index contributed by atoms with van der Waals surface area (Å²) in [4.78, 5) is 29.6. The van der Waals surface area contributed by atoms with Crippen molar-refractivity contribution in [3.8, 4) is 5.69 Å². The molecule has 3 aromatic rings. The lowest BCUT2D eigenvalue weighted by Gasteiger charge is -2.09. The number of aromatic nitrogens is 2. The summed E-state index contributed by atoms with van der Waals surface area (Å²) >= 11 is 0. The Bertz CT molecular complexity index is 1020. The highest BCUT2D eigenvalue weighted by molar-refractivity contribution is 6.14. The van der Waals surface area contributed by atoms with Crippen molar-refractivity contribution in [2.75, 3.05) is 7.11 Å². The van der Waals surface area contributed by atoms with Crippen LogP contribution in [0.3, 0.4) is 0 Å². The molecular weight excluding hydrogens is 342 g/mol. The third kappa shape index (κ3) is 3.74. The maximum atomic E-state index is 13.2. The van der Waals surface area contributed by atoms with Crippen molar-refractivity contribution in [1.29, 1.82) is 0 Å². The zero-order valence-electron chi connectivity index (χ0n) is 15.5. The molecule has 0 fully saturated rings. The van der Waals surface area contributed by atoms with Crippen LogP contribution >= 0.6 is 0 Å². The number of benzene rings is 2. The number of para-hydroxylation sites is 1. The van der Waals surface area contributed by atoms with Gasteiger partial charge in [0.2, 0.25) is 0 Å². The van der Waals surface area contributed by atoms with Crippen LogP contribution in [-0.2, 0) is 9.53 Å². The highest BCUT2D eigenvalue weighted by Gasteiger charge is 2.22. The molecule has 6 nitrogen and oxygen atoms in total. The predicted octanol–water partition coefficient (Wildman–Crippen LogP) is 2.87. The molecule has 6 heteroatoms. The van der Waals surface area contributed by atoms with E-state index in [0.29, 0.717) is 17.0 Å². The van der Waals surface area contributed by atoms with Gasteiger partial charge in [0.05, 0.1) is 24.1 Å². The number of nitrogens with zero attached hydrogens (tertiary/aromatic N) is 2. The Kier molecular flexibility index (Phi) is 5.35. The largest absolute Gasteiger partial charge is 0.467 e. The van der Waals surface area contributed by atoms with Gasteiger partial charge in [-0.15, -0.1) is 0 Å². The Morgan fingerprint density at radius 2 is 1.67 bits per heavy atom. The van der Waals surface area contributed by atoms with Crippen LogP contribution < -0.4 is 5.56 Å².